The van der Waals surface area contributed by atoms with Gasteiger partial charge >= 0.3 is 0 Å². The third-order valence-corrected chi connectivity index (χ3v) is 8.67. The Hall–Kier alpha value is -1.87. The van der Waals surface area contributed by atoms with E-state index in [1.807, 2.05) is 13.0 Å². The van der Waals surface area contributed by atoms with Crippen molar-refractivity contribution in [3.05, 3.63) is 43.8 Å². The summed E-state index contributed by atoms with van der Waals surface area (Å²) < 4.78 is 18.5. The first-order chi connectivity index (χ1) is 18.4. The van der Waals surface area contributed by atoms with Crippen LogP contribution < -0.4 is 9.47 Å². The molecule has 0 aromatic heterocycles. The van der Waals surface area contributed by atoms with Crippen LogP contribution in [0.2, 0.25) is 0 Å². The highest BCUT2D eigenvalue weighted by atomic mass is 127. The number of ketones is 2. The van der Waals surface area contributed by atoms with Crippen LogP contribution in [0.5, 0.6) is 11.5 Å². The van der Waals surface area contributed by atoms with Crippen LogP contribution in [-0.2, 0) is 14.3 Å². The molecule has 39 heavy (non-hydrogen) atoms. The summed E-state index contributed by atoms with van der Waals surface area (Å²) in [6, 6.07) is 4.10. The molecule has 0 unspecified atom stereocenters. The van der Waals surface area contributed by atoms with Crippen molar-refractivity contribution in [3.8, 4) is 11.5 Å². The molecule has 214 valence electrons. The number of hydrogen-bond acceptors (Lipinski definition) is 6. The van der Waals surface area contributed by atoms with Crippen LogP contribution in [0.3, 0.4) is 0 Å². The summed E-state index contributed by atoms with van der Waals surface area (Å²) in [6.45, 7) is 15.2. The normalized spacial score (nSPS) is 20.8. The second-order valence-electron chi connectivity index (χ2n) is 12.6. The van der Waals surface area contributed by atoms with E-state index < -0.39 is 5.92 Å². The number of allylic oxidation sites excluding steroid dienone is 4. The van der Waals surface area contributed by atoms with Crippen LogP contribution in [0.15, 0.2) is 34.7 Å². The minimum Gasteiger partial charge on any atom is -0.490 e. The van der Waals surface area contributed by atoms with Gasteiger partial charge in [0.2, 0.25) is 0 Å². The Balaban J connectivity index is 1.96. The van der Waals surface area contributed by atoms with Crippen LogP contribution in [0.4, 0.5) is 0 Å². The summed E-state index contributed by atoms with van der Waals surface area (Å²) >= 11 is 2.30. The number of methoxy groups -OCH3 is 1. The number of Topliss-reactive ketones (excluding diaryl/α,β-unsaturated/α-hetero) is 2. The summed E-state index contributed by atoms with van der Waals surface area (Å²) in [7, 11) is 1.72. The van der Waals surface area contributed by atoms with Gasteiger partial charge in [0, 0.05) is 61.6 Å². The zero-order chi connectivity index (χ0) is 28.5. The monoisotopic (exact) mass is 649 g/mol. The van der Waals surface area contributed by atoms with E-state index in [1.54, 1.807) is 7.11 Å². The quantitative estimate of drug-likeness (QED) is 0.197. The smallest absolute Gasteiger partial charge is 0.174 e. The topological polar surface area (TPSA) is 65.1 Å². The van der Waals surface area contributed by atoms with Crippen molar-refractivity contribution in [2.24, 2.45) is 10.8 Å². The van der Waals surface area contributed by atoms with Crippen LogP contribution >= 0.6 is 22.6 Å². The average Bonchev–Trinajstić information content (AvgIpc) is 2.82. The summed E-state index contributed by atoms with van der Waals surface area (Å²) in [5, 5.41) is 0. The molecular weight excluding hydrogens is 605 g/mol. The Labute approximate surface area is 247 Å². The van der Waals surface area contributed by atoms with Crippen LogP contribution in [0.1, 0.15) is 91.5 Å². The lowest BCUT2D eigenvalue weighted by Gasteiger charge is -2.49. The summed E-state index contributed by atoms with van der Waals surface area (Å²) in [6.07, 6.45) is 4.28. The van der Waals surface area contributed by atoms with Crippen molar-refractivity contribution in [3.63, 3.8) is 0 Å². The number of halogens is 1. The molecule has 2 aliphatic carbocycles. The van der Waals surface area contributed by atoms with Gasteiger partial charge in [-0.15, -0.1) is 0 Å². The lowest BCUT2D eigenvalue weighted by molar-refractivity contribution is -0.119. The second kappa shape index (κ2) is 11.9. The molecule has 0 saturated carbocycles. The van der Waals surface area contributed by atoms with E-state index in [9.17, 15) is 9.59 Å². The van der Waals surface area contributed by atoms with Crippen LogP contribution in [0.25, 0.3) is 0 Å². The number of hydrogen-bond donors (Lipinski definition) is 0. The largest absolute Gasteiger partial charge is 0.490 e. The summed E-state index contributed by atoms with van der Waals surface area (Å²) in [4.78, 5) is 30.4. The van der Waals surface area contributed by atoms with Crippen molar-refractivity contribution >= 4 is 34.2 Å². The lowest BCUT2D eigenvalue weighted by Crippen LogP contribution is -2.44. The molecule has 0 bridgehead atoms. The van der Waals surface area contributed by atoms with E-state index >= 15 is 0 Å². The molecule has 4 rings (SSSR count). The Bertz CT molecular complexity index is 1140. The maximum absolute atomic E-state index is 14.0. The Kier molecular flexibility index (Phi) is 9.21. The first-order valence-corrected chi connectivity index (χ1v) is 15.4. The van der Waals surface area contributed by atoms with Gasteiger partial charge in [-0.3, -0.25) is 9.59 Å². The highest BCUT2D eigenvalue weighted by Crippen LogP contribution is 2.55. The predicted octanol–water partition coefficient (Wildman–Crippen LogP) is 7.20. The number of carbonyl (C=O) groups excluding carboxylic acids is 2. The van der Waals surface area contributed by atoms with E-state index in [1.165, 1.54) is 0 Å². The van der Waals surface area contributed by atoms with Gasteiger partial charge in [-0.1, -0.05) is 34.6 Å². The third kappa shape index (κ3) is 6.24. The van der Waals surface area contributed by atoms with Crippen molar-refractivity contribution in [2.75, 3.05) is 33.5 Å². The van der Waals surface area contributed by atoms with E-state index in [0.29, 0.717) is 38.4 Å². The molecule has 1 heterocycles. The maximum Gasteiger partial charge on any atom is 0.174 e. The van der Waals surface area contributed by atoms with Gasteiger partial charge in [0.1, 0.15) is 0 Å². The Morgan fingerprint density at radius 3 is 2.00 bits per heavy atom. The molecule has 0 atom stereocenters. The van der Waals surface area contributed by atoms with Gasteiger partial charge in [0.05, 0.1) is 16.8 Å². The SMILES string of the molecule is CCCOc1c(I)cc(C2C3=C(CC(C)(C)CC3=O)N(CCCOC)C3=C2C(=O)CC(C)(C)C3)cc1OCC. The van der Waals surface area contributed by atoms with Crippen LogP contribution in [0, 0.1) is 14.4 Å². The van der Waals surface area contributed by atoms with E-state index in [-0.39, 0.29) is 22.4 Å². The fourth-order valence-corrected chi connectivity index (χ4v) is 7.16. The minimum absolute atomic E-state index is 0.144. The van der Waals surface area contributed by atoms with Gasteiger partial charge in [-0.05, 0) is 83.7 Å². The standard InChI is InChI=1S/C32H44INO5/c1-8-12-39-30-21(33)14-20(15-26(30)38-9-2)27-28-22(16-31(3,4)18-24(28)35)34(11-10-13-37-7)23-17-32(5,6)19-25(36)29(23)27/h14-15,27H,8-13,16-19H2,1-7H3. The molecule has 0 spiro atoms. The molecule has 0 N–H and O–H groups in total. The van der Waals surface area contributed by atoms with Gasteiger partial charge in [-0.2, -0.15) is 0 Å². The number of ether oxygens (including phenoxy) is 3. The molecule has 7 heteroatoms. The van der Waals surface area contributed by atoms with Gasteiger partial charge in [0.25, 0.3) is 0 Å². The molecule has 0 radical (unpaired) electrons. The van der Waals surface area contributed by atoms with E-state index in [0.717, 1.165) is 69.7 Å². The lowest BCUT2D eigenvalue weighted by atomic mass is 9.63. The van der Waals surface area contributed by atoms with E-state index in [4.69, 9.17) is 14.2 Å². The highest BCUT2D eigenvalue weighted by Gasteiger charge is 2.49. The zero-order valence-electron chi connectivity index (χ0n) is 24.7. The van der Waals surface area contributed by atoms with E-state index in [2.05, 4.69) is 68.2 Å². The molecule has 1 aromatic rings. The number of nitrogens with zero attached hydrogens (tertiary/aromatic N) is 1. The molecule has 0 amide bonds. The second-order valence-corrected chi connectivity index (χ2v) is 13.8. The minimum atomic E-state index is -0.395. The molecule has 0 fully saturated rings. The highest BCUT2D eigenvalue weighted by molar-refractivity contribution is 14.1. The first-order valence-electron chi connectivity index (χ1n) is 14.3. The van der Waals surface area contributed by atoms with Crippen molar-refractivity contribution in [1.82, 2.24) is 4.90 Å². The Morgan fingerprint density at radius 1 is 0.897 bits per heavy atom. The first kappa shape index (κ1) is 30.1. The summed E-state index contributed by atoms with van der Waals surface area (Å²) in [5.74, 6) is 1.30. The van der Waals surface area contributed by atoms with Gasteiger partial charge in [0.15, 0.2) is 23.1 Å². The molecular formula is C32H44INO5. The molecule has 1 aromatic carbocycles. The molecule has 6 nitrogen and oxygen atoms in total. The number of carbonyl (C=O) groups is 2. The van der Waals surface area contributed by atoms with Crippen molar-refractivity contribution in [2.45, 2.75) is 86.0 Å². The number of rotatable bonds is 10. The van der Waals surface area contributed by atoms with Gasteiger partial charge < -0.3 is 19.1 Å². The Morgan fingerprint density at radius 2 is 1.49 bits per heavy atom. The van der Waals surface area contributed by atoms with Crippen molar-refractivity contribution in [1.29, 1.82) is 0 Å². The molecule has 3 aliphatic rings. The van der Waals surface area contributed by atoms with Gasteiger partial charge in [-0.25, -0.2) is 0 Å². The molecule has 0 saturated heterocycles. The van der Waals surface area contributed by atoms with Crippen molar-refractivity contribution < 1.29 is 23.8 Å². The summed E-state index contributed by atoms with van der Waals surface area (Å²) in [5.41, 5.74) is 4.40. The third-order valence-electron chi connectivity index (χ3n) is 7.87. The average molecular weight is 650 g/mol. The fourth-order valence-electron chi connectivity index (χ4n) is 6.38. The zero-order valence-corrected chi connectivity index (χ0v) is 26.8. The predicted molar refractivity (Wildman–Crippen MR) is 162 cm³/mol. The molecule has 1 aliphatic heterocycles. The fraction of sp³-hybridized carbons (Fsp3) is 0.625. The maximum atomic E-state index is 14.0. The van der Waals surface area contributed by atoms with Crippen LogP contribution in [-0.4, -0.2) is 49.9 Å². The number of benzene rings is 1.